The molecule has 94 valence electrons. The predicted molar refractivity (Wildman–Crippen MR) is 72.4 cm³/mol. The maximum absolute atomic E-state index is 11.3. The molecule has 0 atom stereocenters. The molecule has 0 fully saturated rings. The highest BCUT2D eigenvalue weighted by Crippen LogP contribution is 2.33. The molecule has 2 rings (SSSR count). The molecule has 8 heteroatoms. The SMILES string of the molecule is Cc1cc(=O)[nH]c(Sc2nc(N)c(Cl)cc2Cl)n1. The van der Waals surface area contributed by atoms with Crippen molar-refractivity contribution in [1.82, 2.24) is 15.0 Å². The first-order valence-corrected chi connectivity index (χ1v) is 6.40. The molecular formula is C10H8Cl2N4OS. The molecule has 0 aliphatic heterocycles. The van der Waals surface area contributed by atoms with E-state index in [1.54, 1.807) is 6.92 Å². The second kappa shape index (κ2) is 5.17. The average molecular weight is 303 g/mol. The number of nitrogens with zero attached hydrogens (tertiary/aromatic N) is 2. The second-order valence-corrected chi connectivity index (χ2v) is 5.23. The zero-order valence-electron chi connectivity index (χ0n) is 9.20. The lowest BCUT2D eigenvalue weighted by atomic mass is 10.5. The smallest absolute Gasteiger partial charge is 0.251 e. The predicted octanol–water partition coefficient (Wildman–Crippen LogP) is 2.51. The minimum atomic E-state index is -0.233. The molecule has 0 bridgehead atoms. The zero-order valence-corrected chi connectivity index (χ0v) is 11.5. The Morgan fingerprint density at radius 1 is 1.28 bits per heavy atom. The van der Waals surface area contributed by atoms with Gasteiger partial charge in [0.15, 0.2) is 5.16 Å². The summed E-state index contributed by atoms with van der Waals surface area (Å²) in [5.41, 5.74) is 5.97. The van der Waals surface area contributed by atoms with Crippen molar-refractivity contribution in [2.75, 3.05) is 5.73 Å². The number of pyridine rings is 1. The minimum absolute atomic E-state index is 0.179. The number of nitrogens with two attached hydrogens (primary N) is 1. The van der Waals surface area contributed by atoms with Crippen LogP contribution in [0.1, 0.15) is 5.69 Å². The second-order valence-electron chi connectivity index (χ2n) is 3.44. The number of anilines is 1. The monoisotopic (exact) mass is 302 g/mol. The van der Waals surface area contributed by atoms with Gasteiger partial charge in [-0.1, -0.05) is 23.2 Å². The molecule has 2 aromatic rings. The van der Waals surface area contributed by atoms with Gasteiger partial charge in [-0.25, -0.2) is 9.97 Å². The first-order chi connectivity index (χ1) is 8.45. The van der Waals surface area contributed by atoms with Crippen molar-refractivity contribution < 1.29 is 0 Å². The molecule has 0 amide bonds. The molecular weight excluding hydrogens is 295 g/mol. The van der Waals surface area contributed by atoms with Gasteiger partial charge in [0.05, 0.1) is 10.0 Å². The van der Waals surface area contributed by atoms with E-state index in [0.29, 0.717) is 20.9 Å². The molecule has 2 heterocycles. The van der Waals surface area contributed by atoms with Crippen molar-refractivity contribution >= 4 is 40.8 Å². The van der Waals surface area contributed by atoms with Gasteiger partial charge in [0.2, 0.25) is 0 Å². The summed E-state index contributed by atoms with van der Waals surface area (Å²) < 4.78 is 0. The van der Waals surface area contributed by atoms with Crippen molar-refractivity contribution in [3.05, 3.63) is 38.2 Å². The van der Waals surface area contributed by atoms with Crippen molar-refractivity contribution in [2.45, 2.75) is 17.1 Å². The van der Waals surface area contributed by atoms with Gasteiger partial charge in [-0.15, -0.1) is 0 Å². The van der Waals surface area contributed by atoms with Gasteiger partial charge in [0, 0.05) is 11.8 Å². The largest absolute Gasteiger partial charge is 0.382 e. The van der Waals surface area contributed by atoms with Crippen molar-refractivity contribution in [3.8, 4) is 0 Å². The molecule has 3 N–H and O–H groups in total. The van der Waals surface area contributed by atoms with Crippen LogP contribution >= 0.6 is 35.0 Å². The number of aromatic amines is 1. The van der Waals surface area contributed by atoms with Crippen LogP contribution in [-0.4, -0.2) is 15.0 Å². The van der Waals surface area contributed by atoms with Gasteiger partial charge in [-0.05, 0) is 24.8 Å². The van der Waals surface area contributed by atoms with Crippen molar-refractivity contribution in [3.63, 3.8) is 0 Å². The van der Waals surface area contributed by atoms with E-state index >= 15 is 0 Å². The van der Waals surface area contributed by atoms with E-state index in [-0.39, 0.29) is 16.4 Å². The number of hydrogen-bond donors (Lipinski definition) is 2. The lowest BCUT2D eigenvalue weighted by molar-refractivity contribution is 0.902. The third kappa shape index (κ3) is 2.95. The van der Waals surface area contributed by atoms with E-state index in [9.17, 15) is 4.79 Å². The van der Waals surface area contributed by atoms with Crippen LogP contribution in [-0.2, 0) is 0 Å². The summed E-state index contributed by atoms with van der Waals surface area (Å²) in [7, 11) is 0. The van der Waals surface area contributed by atoms with Crippen LogP contribution in [0.2, 0.25) is 10.0 Å². The molecule has 5 nitrogen and oxygen atoms in total. The molecule has 0 radical (unpaired) electrons. The fourth-order valence-corrected chi connectivity index (χ4v) is 2.53. The van der Waals surface area contributed by atoms with Crippen molar-refractivity contribution in [2.24, 2.45) is 0 Å². The Morgan fingerprint density at radius 2 is 2.00 bits per heavy atom. The lowest BCUT2D eigenvalue weighted by Gasteiger charge is -2.05. The summed E-state index contributed by atoms with van der Waals surface area (Å²) >= 11 is 12.9. The molecule has 2 aromatic heterocycles. The van der Waals surface area contributed by atoms with Gasteiger partial charge < -0.3 is 10.7 Å². The maximum Gasteiger partial charge on any atom is 0.251 e. The van der Waals surface area contributed by atoms with Gasteiger partial charge in [0.1, 0.15) is 10.8 Å². The summed E-state index contributed by atoms with van der Waals surface area (Å²) in [4.78, 5) is 22.1. The fourth-order valence-electron chi connectivity index (χ4n) is 1.23. The maximum atomic E-state index is 11.3. The normalized spacial score (nSPS) is 10.6. The minimum Gasteiger partial charge on any atom is -0.382 e. The van der Waals surface area contributed by atoms with E-state index in [1.165, 1.54) is 12.1 Å². The molecule has 0 saturated heterocycles. The number of nitrogens with one attached hydrogen (secondary N) is 1. The van der Waals surface area contributed by atoms with Crippen LogP contribution in [0.3, 0.4) is 0 Å². The summed E-state index contributed by atoms with van der Waals surface area (Å²) in [6.45, 7) is 1.73. The summed E-state index contributed by atoms with van der Waals surface area (Å²) in [6, 6.07) is 2.90. The number of aryl methyl sites for hydroxylation is 1. The topological polar surface area (TPSA) is 84.7 Å². The third-order valence-corrected chi connectivity index (χ3v) is 3.56. The first kappa shape index (κ1) is 13.2. The molecule has 0 aliphatic carbocycles. The number of nitrogen functional groups attached to an aromatic ring is 1. The van der Waals surface area contributed by atoms with Gasteiger partial charge >= 0.3 is 0 Å². The summed E-state index contributed by atoms with van der Waals surface area (Å²) in [5.74, 6) is 0.179. The van der Waals surface area contributed by atoms with Crippen molar-refractivity contribution in [1.29, 1.82) is 0 Å². The van der Waals surface area contributed by atoms with Gasteiger partial charge in [-0.3, -0.25) is 4.79 Å². The molecule has 0 unspecified atom stereocenters. The van der Waals surface area contributed by atoms with Crippen LogP contribution in [0.5, 0.6) is 0 Å². The average Bonchev–Trinajstić information content (AvgIpc) is 2.24. The number of halogens is 2. The first-order valence-electron chi connectivity index (χ1n) is 4.83. The Balaban J connectivity index is 2.39. The van der Waals surface area contributed by atoms with Crippen LogP contribution < -0.4 is 11.3 Å². The molecule has 0 spiro atoms. The lowest BCUT2D eigenvalue weighted by Crippen LogP contribution is -2.08. The van der Waals surface area contributed by atoms with E-state index in [2.05, 4.69) is 15.0 Å². The molecule has 18 heavy (non-hydrogen) atoms. The number of hydrogen-bond acceptors (Lipinski definition) is 5. The highest BCUT2D eigenvalue weighted by atomic mass is 35.5. The molecule has 0 aromatic carbocycles. The standard InChI is InChI=1S/C10H8Cl2N4OS/c1-4-2-7(17)15-10(14-4)18-9-6(12)3-5(11)8(13)16-9/h2-3H,1H3,(H2,13,16)(H,14,15,17). The third-order valence-electron chi connectivity index (χ3n) is 1.97. The Hall–Kier alpha value is -1.24. The highest BCUT2D eigenvalue weighted by molar-refractivity contribution is 7.99. The summed E-state index contributed by atoms with van der Waals surface area (Å²) in [5, 5.41) is 1.47. The Morgan fingerprint density at radius 3 is 2.67 bits per heavy atom. The van der Waals surface area contributed by atoms with Crippen LogP contribution in [0.25, 0.3) is 0 Å². The van der Waals surface area contributed by atoms with Gasteiger partial charge in [-0.2, -0.15) is 0 Å². The van der Waals surface area contributed by atoms with Crippen LogP contribution in [0, 0.1) is 6.92 Å². The zero-order chi connectivity index (χ0) is 13.3. The van der Waals surface area contributed by atoms with Gasteiger partial charge in [0.25, 0.3) is 5.56 Å². The molecule has 0 saturated carbocycles. The Labute approximate surface area is 117 Å². The summed E-state index contributed by atoms with van der Waals surface area (Å²) in [6.07, 6.45) is 0. The van der Waals surface area contributed by atoms with E-state index in [4.69, 9.17) is 28.9 Å². The van der Waals surface area contributed by atoms with E-state index < -0.39 is 0 Å². The highest BCUT2D eigenvalue weighted by Gasteiger charge is 2.10. The van der Waals surface area contributed by atoms with Crippen LogP contribution in [0.15, 0.2) is 27.1 Å². The Bertz CT molecular complexity index is 659. The fraction of sp³-hybridized carbons (Fsp3) is 0.100. The van der Waals surface area contributed by atoms with E-state index in [0.717, 1.165) is 11.8 Å². The Kier molecular flexibility index (Phi) is 3.79. The number of rotatable bonds is 2. The number of aromatic nitrogens is 3. The number of H-pyrrole nitrogens is 1. The quantitative estimate of drug-likeness (QED) is 0.833. The van der Waals surface area contributed by atoms with Crippen LogP contribution in [0.4, 0.5) is 5.82 Å². The van der Waals surface area contributed by atoms with E-state index in [1.807, 2.05) is 0 Å². The molecule has 0 aliphatic rings.